The standard InChI is InChI=1S/C26H28N6O4/c1-17-5-2-8-22(28-17)30-23(33)19-6-3-11-32(16-19)25(34)18-9-12-31(13-10-18)26-20(15-27)29-24(36-26)21-7-4-14-35-21/h2,4-5,7-8,14,18-19H,3,6,9-13,16H2,1H3,(H,28,30,33). The summed E-state index contributed by atoms with van der Waals surface area (Å²) in [5, 5.41) is 12.4. The lowest BCUT2D eigenvalue weighted by atomic mass is 9.92. The van der Waals surface area contributed by atoms with Crippen molar-refractivity contribution in [2.24, 2.45) is 11.8 Å². The van der Waals surface area contributed by atoms with Crippen molar-refractivity contribution in [2.45, 2.75) is 32.6 Å². The molecule has 10 heteroatoms. The predicted molar refractivity (Wildman–Crippen MR) is 131 cm³/mol. The Kier molecular flexibility index (Phi) is 6.71. The van der Waals surface area contributed by atoms with Gasteiger partial charge in [-0.15, -0.1) is 0 Å². The van der Waals surface area contributed by atoms with Crippen molar-refractivity contribution in [2.75, 3.05) is 36.4 Å². The van der Waals surface area contributed by atoms with E-state index >= 15 is 0 Å². The lowest BCUT2D eigenvalue weighted by Gasteiger charge is -2.37. The fraction of sp³-hybridized carbons (Fsp3) is 0.423. The van der Waals surface area contributed by atoms with Gasteiger partial charge in [-0.3, -0.25) is 9.59 Å². The van der Waals surface area contributed by atoms with Gasteiger partial charge in [0.2, 0.25) is 23.4 Å². The molecule has 3 aromatic rings. The van der Waals surface area contributed by atoms with Crippen LogP contribution in [0, 0.1) is 30.1 Å². The van der Waals surface area contributed by atoms with Crippen molar-refractivity contribution in [1.82, 2.24) is 14.9 Å². The molecule has 186 valence electrons. The van der Waals surface area contributed by atoms with Crippen LogP contribution in [0.4, 0.5) is 11.7 Å². The summed E-state index contributed by atoms with van der Waals surface area (Å²) in [7, 11) is 0. The molecule has 0 radical (unpaired) electrons. The number of nitrogens with one attached hydrogen (secondary N) is 1. The first-order valence-electron chi connectivity index (χ1n) is 12.2. The van der Waals surface area contributed by atoms with Gasteiger partial charge in [-0.2, -0.15) is 10.2 Å². The highest BCUT2D eigenvalue weighted by molar-refractivity contribution is 5.92. The van der Waals surface area contributed by atoms with E-state index < -0.39 is 0 Å². The molecule has 2 saturated heterocycles. The molecule has 0 saturated carbocycles. The largest absolute Gasteiger partial charge is 0.459 e. The van der Waals surface area contributed by atoms with Crippen LogP contribution in [0.3, 0.4) is 0 Å². The fourth-order valence-electron chi connectivity index (χ4n) is 4.92. The van der Waals surface area contributed by atoms with Gasteiger partial charge in [0.25, 0.3) is 5.89 Å². The number of amides is 2. The number of likely N-dealkylation sites (tertiary alicyclic amines) is 1. The second kappa shape index (κ2) is 10.2. The van der Waals surface area contributed by atoms with E-state index in [9.17, 15) is 14.9 Å². The quantitative estimate of drug-likeness (QED) is 0.577. The van der Waals surface area contributed by atoms with Gasteiger partial charge in [-0.1, -0.05) is 6.07 Å². The number of anilines is 2. The number of piperidine rings is 2. The van der Waals surface area contributed by atoms with Crippen LogP contribution in [-0.4, -0.2) is 52.9 Å². The number of aromatic nitrogens is 2. The highest BCUT2D eigenvalue weighted by Crippen LogP contribution is 2.32. The molecule has 0 aromatic carbocycles. The Hall–Kier alpha value is -4.13. The topological polar surface area (TPSA) is 128 Å². The molecular weight excluding hydrogens is 460 g/mol. The van der Waals surface area contributed by atoms with Gasteiger partial charge in [-0.05, 0) is 56.9 Å². The van der Waals surface area contributed by atoms with Crippen LogP contribution in [0.1, 0.15) is 37.1 Å². The average Bonchev–Trinajstić information content (AvgIpc) is 3.59. The van der Waals surface area contributed by atoms with Crippen LogP contribution in [0.25, 0.3) is 11.7 Å². The summed E-state index contributed by atoms with van der Waals surface area (Å²) >= 11 is 0. The van der Waals surface area contributed by atoms with Gasteiger partial charge < -0.3 is 24.0 Å². The number of nitriles is 1. The van der Waals surface area contributed by atoms with E-state index in [0.29, 0.717) is 56.5 Å². The smallest absolute Gasteiger partial charge is 0.266 e. The van der Waals surface area contributed by atoms with Gasteiger partial charge in [-0.25, -0.2) is 4.98 Å². The van der Waals surface area contributed by atoms with Crippen molar-refractivity contribution in [3.05, 3.63) is 48.0 Å². The number of hydrogen-bond donors (Lipinski definition) is 1. The van der Waals surface area contributed by atoms with E-state index in [1.165, 1.54) is 6.26 Å². The zero-order valence-corrected chi connectivity index (χ0v) is 20.1. The number of furan rings is 1. The third-order valence-electron chi connectivity index (χ3n) is 6.82. The zero-order chi connectivity index (χ0) is 25.1. The number of aryl methyl sites for hydroxylation is 1. The molecule has 1 unspecified atom stereocenters. The maximum absolute atomic E-state index is 13.3. The molecule has 0 bridgehead atoms. The Bertz CT molecular complexity index is 1270. The van der Waals surface area contributed by atoms with Gasteiger partial charge in [0.1, 0.15) is 11.9 Å². The number of carbonyl (C=O) groups excluding carboxylic acids is 2. The van der Waals surface area contributed by atoms with Gasteiger partial charge in [0.05, 0.1) is 12.2 Å². The summed E-state index contributed by atoms with van der Waals surface area (Å²) in [6.07, 6.45) is 4.35. The molecule has 2 aliphatic heterocycles. The number of hydrogen-bond acceptors (Lipinski definition) is 8. The monoisotopic (exact) mass is 488 g/mol. The Labute approximate surface area is 208 Å². The normalized spacial score (nSPS) is 18.6. The molecule has 0 spiro atoms. The maximum Gasteiger partial charge on any atom is 0.266 e. The molecule has 5 rings (SSSR count). The summed E-state index contributed by atoms with van der Waals surface area (Å²) in [5.41, 5.74) is 1.04. The SMILES string of the molecule is Cc1cccc(NC(=O)C2CCCN(C(=O)C3CCN(c4oc(-c5ccco5)nc4C#N)CC3)C2)n1. The summed E-state index contributed by atoms with van der Waals surface area (Å²) in [6.45, 7) is 4.12. The highest BCUT2D eigenvalue weighted by atomic mass is 16.4. The molecular formula is C26H28N6O4. The average molecular weight is 489 g/mol. The van der Waals surface area contributed by atoms with Crippen LogP contribution >= 0.6 is 0 Å². The van der Waals surface area contributed by atoms with Crippen molar-refractivity contribution < 1.29 is 18.4 Å². The Morgan fingerprint density at radius 3 is 2.64 bits per heavy atom. The van der Waals surface area contributed by atoms with Crippen LogP contribution < -0.4 is 10.2 Å². The van der Waals surface area contributed by atoms with E-state index in [4.69, 9.17) is 8.83 Å². The molecule has 36 heavy (non-hydrogen) atoms. The van der Waals surface area contributed by atoms with Gasteiger partial charge in [0.15, 0.2) is 5.76 Å². The van der Waals surface area contributed by atoms with E-state index in [0.717, 1.165) is 18.5 Å². The van der Waals surface area contributed by atoms with Crippen LogP contribution in [0.5, 0.6) is 0 Å². The summed E-state index contributed by atoms with van der Waals surface area (Å²) in [4.78, 5) is 38.5. The lowest BCUT2D eigenvalue weighted by Crippen LogP contribution is -2.48. The molecule has 3 aromatic heterocycles. The summed E-state index contributed by atoms with van der Waals surface area (Å²) in [5.74, 6) is 1.30. The minimum atomic E-state index is -0.252. The second-order valence-electron chi connectivity index (χ2n) is 9.30. The Balaban J connectivity index is 1.18. The predicted octanol–water partition coefficient (Wildman–Crippen LogP) is 3.60. The fourth-order valence-corrected chi connectivity index (χ4v) is 4.92. The van der Waals surface area contributed by atoms with Gasteiger partial charge >= 0.3 is 0 Å². The third kappa shape index (κ3) is 4.96. The van der Waals surface area contributed by atoms with E-state index in [2.05, 4.69) is 21.4 Å². The molecule has 5 heterocycles. The molecule has 2 aliphatic rings. The number of nitrogens with zero attached hydrogens (tertiary/aromatic N) is 5. The molecule has 1 atom stereocenters. The maximum atomic E-state index is 13.3. The first-order chi connectivity index (χ1) is 17.5. The molecule has 2 amide bonds. The lowest BCUT2D eigenvalue weighted by molar-refractivity contribution is -0.139. The van der Waals surface area contributed by atoms with E-state index in [-0.39, 0.29) is 35.2 Å². The summed E-state index contributed by atoms with van der Waals surface area (Å²) < 4.78 is 11.2. The van der Waals surface area contributed by atoms with E-state index in [1.807, 2.05) is 28.9 Å². The van der Waals surface area contributed by atoms with Crippen molar-refractivity contribution in [1.29, 1.82) is 5.26 Å². The number of pyridine rings is 1. The van der Waals surface area contributed by atoms with Gasteiger partial charge in [0, 0.05) is 37.8 Å². The highest BCUT2D eigenvalue weighted by Gasteiger charge is 2.35. The minimum absolute atomic E-state index is 0.0928. The second-order valence-corrected chi connectivity index (χ2v) is 9.30. The van der Waals surface area contributed by atoms with Crippen LogP contribution in [0.2, 0.25) is 0 Å². The first-order valence-corrected chi connectivity index (χ1v) is 12.2. The van der Waals surface area contributed by atoms with Crippen molar-refractivity contribution in [3.63, 3.8) is 0 Å². The van der Waals surface area contributed by atoms with Crippen LogP contribution in [0.15, 0.2) is 45.4 Å². The third-order valence-corrected chi connectivity index (χ3v) is 6.82. The van der Waals surface area contributed by atoms with E-state index in [1.54, 1.807) is 18.2 Å². The Morgan fingerprint density at radius 2 is 1.92 bits per heavy atom. The van der Waals surface area contributed by atoms with Crippen LogP contribution in [-0.2, 0) is 9.59 Å². The zero-order valence-electron chi connectivity index (χ0n) is 20.1. The minimum Gasteiger partial charge on any atom is -0.459 e. The molecule has 2 fully saturated rings. The first kappa shape index (κ1) is 23.6. The number of oxazole rings is 1. The van der Waals surface area contributed by atoms with Crippen molar-refractivity contribution >= 4 is 23.5 Å². The summed E-state index contributed by atoms with van der Waals surface area (Å²) in [6, 6.07) is 11.1. The Morgan fingerprint density at radius 1 is 1.08 bits per heavy atom. The number of carbonyl (C=O) groups is 2. The molecule has 0 aliphatic carbocycles. The molecule has 1 N–H and O–H groups in total. The molecule has 10 nitrogen and oxygen atoms in total. The van der Waals surface area contributed by atoms with Crippen molar-refractivity contribution in [3.8, 4) is 17.7 Å². The number of rotatable bonds is 5.